The van der Waals surface area contributed by atoms with Crippen LogP contribution in [-0.2, 0) is 10.2 Å². The molecule has 2 rings (SSSR count). The molecule has 4 heteroatoms. The predicted molar refractivity (Wildman–Crippen MR) is 99.9 cm³/mol. The second-order valence-electron chi connectivity index (χ2n) is 6.79. The van der Waals surface area contributed by atoms with Gasteiger partial charge in [0.25, 0.3) is 5.91 Å². The van der Waals surface area contributed by atoms with Gasteiger partial charge in [0.2, 0.25) is 0 Å². The van der Waals surface area contributed by atoms with Gasteiger partial charge in [-0.3, -0.25) is 4.79 Å². The molecule has 2 aromatic carbocycles. The number of halogens is 1. The van der Waals surface area contributed by atoms with Crippen molar-refractivity contribution >= 4 is 23.2 Å². The van der Waals surface area contributed by atoms with Crippen molar-refractivity contribution < 1.29 is 9.53 Å². The first-order valence-corrected chi connectivity index (χ1v) is 8.51. The van der Waals surface area contributed by atoms with Gasteiger partial charge < -0.3 is 10.1 Å². The highest BCUT2D eigenvalue weighted by Gasteiger charge is 2.19. The zero-order valence-electron chi connectivity index (χ0n) is 14.6. The molecular weight excluding hydrogens is 322 g/mol. The van der Waals surface area contributed by atoms with E-state index in [0.29, 0.717) is 22.9 Å². The highest BCUT2D eigenvalue weighted by molar-refractivity contribution is 6.30. The Balaban J connectivity index is 2.04. The number of carbonyl (C=O) groups is 1. The fourth-order valence-electron chi connectivity index (χ4n) is 2.31. The van der Waals surface area contributed by atoms with Crippen molar-refractivity contribution in [2.75, 3.05) is 5.32 Å². The van der Waals surface area contributed by atoms with Crippen molar-refractivity contribution in [3.8, 4) is 5.75 Å². The van der Waals surface area contributed by atoms with E-state index in [1.807, 2.05) is 31.2 Å². The number of amides is 1. The number of hydrogen-bond acceptors (Lipinski definition) is 2. The average Bonchev–Trinajstić information content (AvgIpc) is 2.52. The van der Waals surface area contributed by atoms with E-state index in [-0.39, 0.29) is 11.3 Å². The fourth-order valence-corrected chi connectivity index (χ4v) is 2.50. The Labute approximate surface area is 149 Å². The molecule has 0 saturated heterocycles. The van der Waals surface area contributed by atoms with Gasteiger partial charge in [-0.25, -0.2) is 0 Å². The van der Waals surface area contributed by atoms with Gasteiger partial charge in [-0.15, -0.1) is 0 Å². The van der Waals surface area contributed by atoms with Crippen LogP contribution in [0.15, 0.2) is 48.5 Å². The van der Waals surface area contributed by atoms with Crippen molar-refractivity contribution in [3.63, 3.8) is 0 Å². The quantitative estimate of drug-likeness (QED) is 0.784. The average molecular weight is 346 g/mol. The van der Waals surface area contributed by atoms with E-state index in [2.05, 4.69) is 26.1 Å². The van der Waals surface area contributed by atoms with E-state index in [9.17, 15) is 4.79 Å². The van der Waals surface area contributed by atoms with E-state index < -0.39 is 6.10 Å². The summed E-state index contributed by atoms with van der Waals surface area (Å²) < 4.78 is 5.85. The maximum atomic E-state index is 12.4. The minimum atomic E-state index is -0.551. The SMILES string of the molecule is CC[C@@H](Oc1ccc(C(C)(C)C)cc1)C(=O)Nc1cccc(Cl)c1. The molecule has 0 aromatic heterocycles. The Morgan fingerprint density at radius 1 is 1.17 bits per heavy atom. The Morgan fingerprint density at radius 2 is 1.83 bits per heavy atom. The van der Waals surface area contributed by atoms with Gasteiger partial charge in [-0.05, 0) is 47.7 Å². The molecule has 2 aromatic rings. The highest BCUT2D eigenvalue weighted by Crippen LogP contribution is 2.25. The molecule has 128 valence electrons. The largest absolute Gasteiger partial charge is 0.481 e. The van der Waals surface area contributed by atoms with E-state index in [1.54, 1.807) is 24.3 Å². The normalized spacial score (nSPS) is 12.5. The highest BCUT2D eigenvalue weighted by atomic mass is 35.5. The lowest BCUT2D eigenvalue weighted by molar-refractivity contribution is -0.122. The Kier molecular flexibility index (Phi) is 5.89. The standard InChI is InChI=1S/C20H24ClNO2/c1-5-18(19(23)22-16-8-6-7-15(21)13-16)24-17-11-9-14(10-12-17)20(2,3)4/h6-13,18H,5H2,1-4H3,(H,22,23)/t18-/m1/s1. The second kappa shape index (κ2) is 7.71. The number of carbonyl (C=O) groups excluding carboxylic acids is 1. The van der Waals surface area contributed by atoms with E-state index in [0.717, 1.165) is 0 Å². The fraction of sp³-hybridized carbons (Fsp3) is 0.350. The molecule has 0 aliphatic rings. The molecule has 0 radical (unpaired) electrons. The van der Waals surface area contributed by atoms with Crippen LogP contribution in [0.25, 0.3) is 0 Å². The number of anilines is 1. The number of nitrogens with one attached hydrogen (secondary N) is 1. The van der Waals surface area contributed by atoms with Crippen molar-refractivity contribution in [1.82, 2.24) is 0 Å². The van der Waals surface area contributed by atoms with Crippen LogP contribution in [0.5, 0.6) is 5.75 Å². The number of benzene rings is 2. The molecule has 1 atom stereocenters. The minimum absolute atomic E-state index is 0.0899. The summed E-state index contributed by atoms with van der Waals surface area (Å²) in [6, 6.07) is 15.0. The minimum Gasteiger partial charge on any atom is -0.481 e. The lowest BCUT2D eigenvalue weighted by Crippen LogP contribution is -2.32. The van der Waals surface area contributed by atoms with Crippen molar-refractivity contribution in [2.24, 2.45) is 0 Å². The van der Waals surface area contributed by atoms with Crippen LogP contribution in [0.3, 0.4) is 0 Å². The molecule has 0 fully saturated rings. The maximum absolute atomic E-state index is 12.4. The first kappa shape index (κ1) is 18.3. The van der Waals surface area contributed by atoms with Crippen LogP contribution < -0.4 is 10.1 Å². The van der Waals surface area contributed by atoms with Crippen LogP contribution in [0.1, 0.15) is 39.7 Å². The first-order chi connectivity index (χ1) is 11.3. The predicted octanol–water partition coefficient (Wildman–Crippen LogP) is 5.43. The first-order valence-electron chi connectivity index (χ1n) is 8.13. The summed E-state index contributed by atoms with van der Waals surface area (Å²) in [5, 5.41) is 3.42. The van der Waals surface area contributed by atoms with Crippen LogP contribution in [0, 0.1) is 0 Å². The maximum Gasteiger partial charge on any atom is 0.265 e. The van der Waals surface area contributed by atoms with Crippen LogP contribution in [0.2, 0.25) is 5.02 Å². The van der Waals surface area contributed by atoms with Crippen molar-refractivity contribution in [1.29, 1.82) is 0 Å². The van der Waals surface area contributed by atoms with Gasteiger partial charge >= 0.3 is 0 Å². The van der Waals surface area contributed by atoms with Crippen molar-refractivity contribution in [2.45, 2.75) is 45.6 Å². The van der Waals surface area contributed by atoms with Gasteiger partial charge in [0.15, 0.2) is 6.10 Å². The third-order valence-electron chi connectivity index (χ3n) is 3.75. The molecule has 0 saturated carbocycles. The number of ether oxygens (including phenoxy) is 1. The Bertz CT molecular complexity index is 690. The smallest absolute Gasteiger partial charge is 0.265 e. The van der Waals surface area contributed by atoms with Crippen LogP contribution in [-0.4, -0.2) is 12.0 Å². The summed E-state index contributed by atoms with van der Waals surface area (Å²) in [6.07, 6.45) is 0.0254. The summed E-state index contributed by atoms with van der Waals surface area (Å²) in [5.41, 5.74) is 1.98. The molecule has 3 nitrogen and oxygen atoms in total. The third kappa shape index (κ3) is 5.00. The zero-order valence-corrected chi connectivity index (χ0v) is 15.4. The van der Waals surface area contributed by atoms with Gasteiger partial charge in [-0.2, -0.15) is 0 Å². The molecule has 1 N–H and O–H groups in total. The summed E-state index contributed by atoms with van der Waals surface area (Å²) in [6.45, 7) is 8.41. The van der Waals surface area contributed by atoms with E-state index >= 15 is 0 Å². The van der Waals surface area contributed by atoms with E-state index in [4.69, 9.17) is 16.3 Å². The van der Waals surface area contributed by atoms with Gasteiger partial charge in [0.1, 0.15) is 5.75 Å². The monoisotopic (exact) mass is 345 g/mol. The summed E-state index contributed by atoms with van der Waals surface area (Å²) in [4.78, 5) is 12.4. The molecule has 0 aliphatic heterocycles. The van der Waals surface area contributed by atoms with E-state index in [1.165, 1.54) is 5.56 Å². The Morgan fingerprint density at radius 3 is 2.38 bits per heavy atom. The second-order valence-corrected chi connectivity index (χ2v) is 7.23. The van der Waals surface area contributed by atoms with Gasteiger partial charge in [0, 0.05) is 10.7 Å². The molecule has 24 heavy (non-hydrogen) atoms. The van der Waals surface area contributed by atoms with Gasteiger partial charge in [-0.1, -0.05) is 57.5 Å². The third-order valence-corrected chi connectivity index (χ3v) is 3.99. The lowest BCUT2D eigenvalue weighted by Gasteiger charge is -2.21. The summed E-state index contributed by atoms with van der Waals surface area (Å²) in [7, 11) is 0. The van der Waals surface area contributed by atoms with Crippen LogP contribution >= 0.6 is 11.6 Å². The van der Waals surface area contributed by atoms with Crippen LogP contribution in [0.4, 0.5) is 5.69 Å². The summed E-state index contributed by atoms with van der Waals surface area (Å²) >= 11 is 5.94. The molecule has 0 aliphatic carbocycles. The Hall–Kier alpha value is -2.00. The molecule has 0 bridgehead atoms. The summed E-state index contributed by atoms with van der Waals surface area (Å²) in [5.74, 6) is 0.510. The molecular formula is C20H24ClNO2. The van der Waals surface area contributed by atoms with Crippen molar-refractivity contribution in [3.05, 3.63) is 59.1 Å². The lowest BCUT2D eigenvalue weighted by atomic mass is 9.87. The zero-order chi connectivity index (χ0) is 17.7. The molecule has 0 heterocycles. The molecule has 1 amide bonds. The number of rotatable bonds is 5. The van der Waals surface area contributed by atoms with Gasteiger partial charge in [0.05, 0.1) is 0 Å². The topological polar surface area (TPSA) is 38.3 Å². The molecule has 0 unspecified atom stereocenters. The number of hydrogen-bond donors (Lipinski definition) is 1. The molecule has 0 spiro atoms.